The minimum Gasteiger partial charge on any atom is -0.456 e. The molecule has 0 saturated heterocycles. The Morgan fingerprint density at radius 2 is 1.43 bits per heavy atom. The van der Waals surface area contributed by atoms with Crippen molar-refractivity contribution in [3.8, 4) is 11.4 Å². The van der Waals surface area contributed by atoms with E-state index in [2.05, 4.69) is 72.9 Å². The molecule has 0 aliphatic rings. The number of hydrogen-bond donors (Lipinski definition) is 0. The van der Waals surface area contributed by atoms with Gasteiger partial charge in [-0.2, -0.15) is 0 Å². The summed E-state index contributed by atoms with van der Waals surface area (Å²) in [6, 6.07) is 16.7. The van der Waals surface area contributed by atoms with Crippen molar-refractivity contribution in [3.05, 3.63) is 66.5 Å². The van der Waals surface area contributed by atoms with Gasteiger partial charge >= 0.3 is 0 Å². The first-order valence-electron chi connectivity index (χ1n) is 9.39. The van der Waals surface area contributed by atoms with Crippen molar-refractivity contribution >= 4 is 43.9 Å². The van der Waals surface area contributed by atoms with Crippen molar-refractivity contribution in [1.82, 2.24) is 4.57 Å². The van der Waals surface area contributed by atoms with Crippen molar-refractivity contribution in [1.29, 1.82) is 0 Å². The van der Waals surface area contributed by atoms with Crippen molar-refractivity contribution in [2.24, 2.45) is 14.1 Å². The third kappa shape index (κ3) is 1.97. The highest BCUT2D eigenvalue weighted by Gasteiger charge is 2.20. The maximum Gasteiger partial charge on any atom is 0.288 e. The highest BCUT2D eigenvalue weighted by atomic mass is 16.3. The molecule has 0 atom stereocenters. The van der Waals surface area contributed by atoms with Crippen LogP contribution in [0.3, 0.4) is 0 Å². The average molecular weight is 367 g/mol. The smallest absolute Gasteiger partial charge is 0.288 e. The lowest BCUT2D eigenvalue weighted by atomic mass is 10.0. The van der Waals surface area contributed by atoms with E-state index < -0.39 is 0 Å². The Labute approximate surface area is 161 Å². The third-order valence-electron chi connectivity index (χ3n) is 5.74. The Bertz CT molecular complexity index is 1530. The molecule has 0 radical (unpaired) electrons. The summed E-state index contributed by atoms with van der Waals surface area (Å²) < 4.78 is 16.6. The SMILES string of the molecule is Cc1cc2c(cc1-c1n(C)cc[n+]1C)oc1cc3c(cc12)oc1ccccc13. The summed E-state index contributed by atoms with van der Waals surface area (Å²) in [5, 5.41) is 4.42. The fourth-order valence-electron chi connectivity index (χ4n) is 4.36. The van der Waals surface area contributed by atoms with E-state index in [1.807, 2.05) is 18.2 Å². The lowest BCUT2D eigenvalue weighted by Crippen LogP contribution is -2.29. The van der Waals surface area contributed by atoms with Crippen LogP contribution in [-0.2, 0) is 14.1 Å². The van der Waals surface area contributed by atoms with E-state index >= 15 is 0 Å². The van der Waals surface area contributed by atoms with Gasteiger partial charge in [0, 0.05) is 21.5 Å². The van der Waals surface area contributed by atoms with E-state index in [4.69, 9.17) is 8.83 Å². The third-order valence-corrected chi connectivity index (χ3v) is 5.74. The number of aromatic nitrogens is 2. The zero-order chi connectivity index (χ0) is 19.0. The molecule has 3 heterocycles. The van der Waals surface area contributed by atoms with Crippen LogP contribution in [0.2, 0.25) is 0 Å². The van der Waals surface area contributed by atoms with Crippen LogP contribution in [0.5, 0.6) is 0 Å². The number of para-hydroxylation sites is 1. The lowest BCUT2D eigenvalue weighted by molar-refractivity contribution is -0.659. The number of hydrogen-bond acceptors (Lipinski definition) is 2. The van der Waals surface area contributed by atoms with Gasteiger partial charge in [0.25, 0.3) is 5.82 Å². The molecule has 3 aromatic heterocycles. The van der Waals surface area contributed by atoms with E-state index in [-0.39, 0.29) is 0 Å². The van der Waals surface area contributed by atoms with Gasteiger partial charge in [0.2, 0.25) is 0 Å². The second kappa shape index (κ2) is 5.26. The molecule has 6 aromatic rings. The Morgan fingerprint density at radius 1 is 0.786 bits per heavy atom. The zero-order valence-electron chi connectivity index (χ0n) is 16.0. The molecular weight excluding hydrogens is 348 g/mol. The minimum absolute atomic E-state index is 0.891. The molecule has 0 unspecified atom stereocenters. The summed E-state index contributed by atoms with van der Waals surface area (Å²) in [6.07, 6.45) is 4.13. The molecule has 0 N–H and O–H groups in total. The number of fused-ring (bicyclic) bond motifs is 6. The van der Waals surface area contributed by atoms with E-state index in [9.17, 15) is 0 Å². The minimum atomic E-state index is 0.891. The van der Waals surface area contributed by atoms with Crippen LogP contribution in [0.4, 0.5) is 0 Å². The molecule has 28 heavy (non-hydrogen) atoms. The molecule has 0 saturated carbocycles. The number of benzene rings is 3. The molecule has 136 valence electrons. The van der Waals surface area contributed by atoms with Crippen LogP contribution in [-0.4, -0.2) is 4.57 Å². The van der Waals surface area contributed by atoms with Gasteiger partial charge in [0.15, 0.2) is 0 Å². The van der Waals surface area contributed by atoms with Gasteiger partial charge in [-0.25, -0.2) is 9.13 Å². The number of rotatable bonds is 1. The van der Waals surface area contributed by atoms with E-state index in [1.165, 1.54) is 11.1 Å². The topological polar surface area (TPSA) is 35.1 Å². The molecule has 4 nitrogen and oxygen atoms in total. The Kier molecular flexibility index (Phi) is 2.91. The molecule has 0 aliphatic carbocycles. The van der Waals surface area contributed by atoms with Gasteiger partial charge in [-0.05, 0) is 42.8 Å². The Morgan fingerprint density at radius 3 is 2.18 bits per heavy atom. The van der Waals surface area contributed by atoms with Crippen LogP contribution < -0.4 is 4.57 Å². The first-order chi connectivity index (χ1) is 13.6. The summed E-state index contributed by atoms with van der Waals surface area (Å²) in [5.41, 5.74) is 5.99. The molecule has 0 fully saturated rings. The number of nitrogens with zero attached hydrogens (tertiary/aromatic N) is 2. The standard InChI is InChI=1S/C24H19N2O2/c1-14-10-17-19-13-22-18(15-6-4-5-7-20(15)27-22)12-23(19)28-21(17)11-16(14)24-25(2)8-9-26(24)3/h4-13H,1-3H3/q+1. The predicted octanol–water partition coefficient (Wildman–Crippen LogP) is 5.62. The van der Waals surface area contributed by atoms with Gasteiger partial charge < -0.3 is 8.83 Å². The lowest BCUT2D eigenvalue weighted by Gasteiger charge is -2.03. The summed E-state index contributed by atoms with van der Waals surface area (Å²) in [7, 11) is 4.13. The maximum atomic E-state index is 6.29. The van der Waals surface area contributed by atoms with Crippen LogP contribution in [0.25, 0.3) is 55.3 Å². The first kappa shape index (κ1) is 15.5. The van der Waals surface area contributed by atoms with E-state index in [0.717, 1.165) is 49.7 Å². The van der Waals surface area contributed by atoms with E-state index in [1.54, 1.807) is 0 Å². The van der Waals surface area contributed by atoms with Gasteiger partial charge in [-0.3, -0.25) is 0 Å². The Hall–Kier alpha value is -3.53. The predicted molar refractivity (Wildman–Crippen MR) is 111 cm³/mol. The normalized spacial score (nSPS) is 12.1. The number of aryl methyl sites for hydroxylation is 3. The number of imidazole rings is 1. The second-order valence-corrected chi connectivity index (χ2v) is 7.55. The molecule has 0 amide bonds. The Balaban J connectivity index is 1.68. The quantitative estimate of drug-likeness (QED) is 0.353. The molecule has 0 spiro atoms. The van der Waals surface area contributed by atoms with Gasteiger partial charge in [-0.1, -0.05) is 18.2 Å². The van der Waals surface area contributed by atoms with Gasteiger partial charge in [0.1, 0.15) is 34.7 Å². The van der Waals surface area contributed by atoms with E-state index in [0.29, 0.717) is 0 Å². The summed E-state index contributed by atoms with van der Waals surface area (Å²) in [4.78, 5) is 0. The van der Waals surface area contributed by atoms with Crippen molar-refractivity contribution < 1.29 is 13.4 Å². The van der Waals surface area contributed by atoms with Crippen LogP contribution in [0.15, 0.2) is 69.8 Å². The summed E-state index contributed by atoms with van der Waals surface area (Å²) >= 11 is 0. The fourth-order valence-corrected chi connectivity index (χ4v) is 4.36. The monoisotopic (exact) mass is 367 g/mol. The second-order valence-electron chi connectivity index (χ2n) is 7.55. The maximum absolute atomic E-state index is 6.29. The number of furan rings is 2. The largest absolute Gasteiger partial charge is 0.456 e. The van der Waals surface area contributed by atoms with Crippen molar-refractivity contribution in [2.45, 2.75) is 6.92 Å². The van der Waals surface area contributed by atoms with Gasteiger partial charge in [0.05, 0.1) is 19.7 Å². The molecule has 0 aliphatic heterocycles. The van der Waals surface area contributed by atoms with Crippen LogP contribution in [0.1, 0.15) is 5.56 Å². The summed E-state index contributed by atoms with van der Waals surface area (Å²) in [6.45, 7) is 2.15. The summed E-state index contributed by atoms with van der Waals surface area (Å²) in [5.74, 6) is 1.15. The highest BCUT2D eigenvalue weighted by molar-refractivity contribution is 6.15. The average Bonchev–Trinajstić information content (AvgIpc) is 3.32. The van der Waals surface area contributed by atoms with Crippen LogP contribution >= 0.6 is 0 Å². The zero-order valence-corrected chi connectivity index (χ0v) is 16.0. The molecular formula is C24H19N2O2+. The first-order valence-corrected chi connectivity index (χ1v) is 9.39. The van der Waals surface area contributed by atoms with Crippen LogP contribution in [0, 0.1) is 6.92 Å². The molecule has 4 heteroatoms. The van der Waals surface area contributed by atoms with Gasteiger partial charge in [-0.15, -0.1) is 0 Å². The molecule has 6 rings (SSSR count). The molecule has 3 aromatic carbocycles. The van der Waals surface area contributed by atoms with Crippen molar-refractivity contribution in [2.75, 3.05) is 0 Å². The molecule has 0 bridgehead atoms. The fraction of sp³-hybridized carbons (Fsp3) is 0.125. The highest BCUT2D eigenvalue weighted by Crippen LogP contribution is 2.38. The van der Waals surface area contributed by atoms with Crippen molar-refractivity contribution in [3.63, 3.8) is 0 Å².